The summed E-state index contributed by atoms with van der Waals surface area (Å²) >= 11 is 3.42. The molecule has 2 heterocycles. The van der Waals surface area contributed by atoms with Crippen molar-refractivity contribution in [2.24, 2.45) is 5.92 Å². The fourth-order valence-electron chi connectivity index (χ4n) is 3.39. The van der Waals surface area contributed by atoms with Gasteiger partial charge in [0.1, 0.15) is 5.58 Å². The Morgan fingerprint density at radius 2 is 1.78 bits per heavy atom. The Kier molecular flexibility index (Phi) is 4.99. The van der Waals surface area contributed by atoms with Crippen LogP contribution in [0.25, 0.3) is 11.0 Å². The van der Waals surface area contributed by atoms with Gasteiger partial charge in [-0.05, 0) is 49.2 Å². The van der Waals surface area contributed by atoms with Gasteiger partial charge in [-0.15, -0.1) is 0 Å². The van der Waals surface area contributed by atoms with Gasteiger partial charge >= 0.3 is 0 Å². The highest BCUT2D eigenvalue weighted by Gasteiger charge is 2.29. The van der Waals surface area contributed by atoms with Crippen LogP contribution in [0.1, 0.15) is 23.4 Å². The van der Waals surface area contributed by atoms with Gasteiger partial charge in [-0.1, -0.05) is 34.1 Å². The number of carbonyl (C=O) groups excluding carboxylic acids is 2. The lowest BCUT2D eigenvalue weighted by atomic mass is 9.95. The Labute approximate surface area is 165 Å². The van der Waals surface area contributed by atoms with Gasteiger partial charge in [0.15, 0.2) is 5.76 Å². The summed E-state index contributed by atoms with van der Waals surface area (Å²) in [5.74, 6) is 0.155. The number of halogens is 1. The molecule has 0 bridgehead atoms. The van der Waals surface area contributed by atoms with Crippen molar-refractivity contribution >= 4 is 44.4 Å². The van der Waals surface area contributed by atoms with Crippen LogP contribution in [0.2, 0.25) is 0 Å². The number of fused-ring (bicyclic) bond motifs is 1. The van der Waals surface area contributed by atoms with Crippen LogP contribution in [-0.2, 0) is 4.79 Å². The molecular weight excluding hydrogens is 408 g/mol. The molecule has 2 amide bonds. The van der Waals surface area contributed by atoms with E-state index in [-0.39, 0.29) is 17.7 Å². The van der Waals surface area contributed by atoms with Crippen LogP contribution in [0.3, 0.4) is 0 Å². The molecule has 6 heteroatoms. The van der Waals surface area contributed by atoms with Crippen LogP contribution in [0, 0.1) is 5.92 Å². The van der Waals surface area contributed by atoms with Crippen molar-refractivity contribution in [3.63, 3.8) is 0 Å². The van der Waals surface area contributed by atoms with Crippen LogP contribution in [0.5, 0.6) is 0 Å². The summed E-state index contributed by atoms with van der Waals surface area (Å²) in [6.45, 7) is 1.10. The maximum Gasteiger partial charge on any atom is 0.289 e. The van der Waals surface area contributed by atoms with E-state index >= 15 is 0 Å². The smallest absolute Gasteiger partial charge is 0.289 e. The van der Waals surface area contributed by atoms with Crippen molar-refractivity contribution in [3.8, 4) is 0 Å². The molecule has 0 spiro atoms. The zero-order chi connectivity index (χ0) is 18.8. The number of likely N-dealkylation sites (tertiary alicyclic amines) is 1. The van der Waals surface area contributed by atoms with Crippen molar-refractivity contribution < 1.29 is 14.0 Å². The molecule has 1 aliphatic rings. The van der Waals surface area contributed by atoms with Crippen molar-refractivity contribution in [2.45, 2.75) is 12.8 Å². The number of rotatable bonds is 3. The summed E-state index contributed by atoms with van der Waals surface area (Å²) < 4.78 is 6.64. The topological polar surface area (TPSA) is 62.6 Å². The zero-order valence-electron chi connectivity index (χ0n) is 14.7. The van der Waals surface area contributed by atoms with Gasteiger partial charge in [-0.25, -0.2) is 0 Å². The molecule has 0 unspecified atom stereocenters. The number of benzene rings is 2. The number of carbonyl (C=O) groups is 2. The summed E-state index contributed by atoms with van der Waals surface area (Å²) in [5.41, 5.74) is 1.49. The number of piperidine rings is 1. The van der Waals surface area contributed by atoms with Gasteiger partial charge in [-0.3, -0.25) is 9.59 Å². The summed E-state index contributed by atoms with van der Waals surface area (Å²) in [5, 5.41) is 3.84. The van der Waals surface area contributed by atoms with Crippen molar-refractivity contribution in [1.82, 2.24) is 4.90 Å². The molecule has 0 radical (unpaired) electrons. The van der Waals surface area contributed by atoms with Gasteiger partial charge in [0.2, 0.25) is 5.91 Å². The van der Waals surface area contributed by atoms with Gasteiger partial charge in [0.05, 0.1) is 0 Å². The molecule has 1 aromatic heterocycles. The van der Waals surface area contributed by atoms with Crippen LogP contribution < -0.4 is 5.32 Å². The normalized spacial score (nSPS) is 15.1. The first kappa shape index (κ1) is 17.8. The minimum absolute atomic E-state index is 0.0156. The molecule has 1 N–H and O–H groups in total. The summed E-state index contributed by atoms with van der Waals surface area (Å²) in [6.07, 6.45) is 1.30. The minimum Gasteiger partial charge on any atom is -0.451 e. The number of hydrogen-bond acceptors (Lipinski definition) is 3. The molecule has 4 rings (SSSR count). The van der Waals surface area contributed by atoms with Crippen LogP contribution >= 0.6 is 15.9 Å². The zero-order valence-corrected chi connectivity index (χ0v) is 16.2. The minimum atomic E-state index is -0.121. The third kappa shape index (κ3) is 3.90. The first-order valence-electron chi connectivity index (χ1n) is 8.94. The van der Waals surface area contributed by atoms with Crippen molar-refractivity contribution in [1.29, 1.82) is 0 Å². The van der Waals surface area contributed by atoms with E-state index in [1.165, 1.54) is 0 Å². The molecule has 0 aliphatic carbocycles. The predicted molar refractivity (Wildman–Crippen MR) is 108 cm³/mol. The van der Waals surface area contributed by atoms with Crippen LogP contribution in [0.4, 0.5) is 5.69 Å². The maximum atomic E-state index is 12.7. The third-order valence-electron chi connectivity index (χ3n) is 4.88. The molecule has 2 aromatic carbocycles. The summed E-state index contributed by atoms with van der Waals surface area (Å²) in [6, 6.07) is 16.9. The molecule has 27 heavy (non-hydrogen) atoms. The average Bonchev–Trinajstić information content (AvgIpc) is 3.11. The quantitative estimate of drug-likeness (QED) is 0.660. The Morgan fingerprint density at radius 3 is 2.52 bits per heavy atom. The fraction of sp³-hybridized carbons (Fsp3) is 0.238. The largest absolute Gasteiger partial charge is 0.451 e. The highest BCUT2D eigenvalue weighted by atomic mass is 79.9. The first-order chi connectivity index (χ1) is 13.1. The second kappa shape index (κ2) is 7.56. The fourth-order valence-corrected chi connectivity index (χ4v) is 3.76. The number of hydrogen-bond donors (Lipinski definition) is 1. The van der Waals surface area contributed by atoms with E-state index in [1.807, 2.05) is 48.5 Å². The Bertz CT molecular complexity index is 976. The Morgan fingerprint density at radius 1 is 1.04 bits per heavy atom. The Hall–Kier alpha value is -2.60. The van der Waals surface area contributed by atoms with Crippen LogP contribution in [0.15, 0.2) is 63.5 Å². The Balaban J connectivity index is 1.38. The maximum absolute atomic E-state index is 12.7. The molecule has 1 fully saturated rings. The van der Waals surface area contributed by atoms with Crippen LogP contribution in [-0.4, -0.2) is 29.8 Å². The summed E-state index contributed by atoms with van der Waals surface area (Å²) in [7, 11) is 0. The number of para-hydroxylation sites is 1. The van der Waals surface area contributed by atoms with Gasteiger partial charge in [0.25, 0.3) is 5.91 Å². The van der Waals surface area contributed by atoms with E-state index in [1.54, 1.807) is 11.0 Å². The lowest BCUT2D eigenvalue weighted by Gasteiger charge is -2.30. The molecule has 1 saturated heterocycles. The second-order valence-electron chi connectivity index (χ2n) is 6.71. The average molecular weight is 427 g/mol. The van der Waals surface area contributed by atoms with E-state index < -0.39 is 0 Å². The molecule has 1 aliphatic heterocycles. The number of nitrogens with zero attached hydrogens (tertiary/aromatic N) is 1. The molecule has 0 atom stereocenters. The molecule has 5 nitrogen and oxygen atoms in total. The molecule has 138 valence electrons. The lowest BCUT2D eigenvalue weighted by molar-refractivity contribution is -0.121. The lowest BCUT2D eigenvalue weighted by Crippen LogP contribution is -2.41. The SMILES string of the molecule is O=C(Nc1ccccc1)C1CCN(C(=O)c2cc3cc(Br)ccc3o2)CC1. The molecule has 3 aromatic rings. The third-order valence-corrected chi connectivity index (χ3v) is 5.38. The monoisotopic (exact) mass is 426 g/mol. The number of amides is 2. The van der Waals surface area contributed by atoms with E-state index in [0.717, 1.165) is 15.5 Å². The standard InChI is InChI=1S/C21H19BrN2O3/c22-16-6-7-18-15(12-16)13-19(27-18)21(26)24-10-8-14(9-11-24)20(25)23-17-4-2-1-3-5-17/h1-7,12-14H,8-11H2,(H,23,25). The first-order valence-corrected chi connectivity index (χ1v) is 9.74. The molecular formula is C21H19BrN2O3. The van der Waals surface area contributed by atoms with Gasteiger partial charge in [0, 0.05) is 34.6 Å². The second-order valence-corrected chi connectivity index (χ2v) is 7.63. The highest BCUT2D eigenvalue weighted by Crippen LogP contribution is 2.26. The van der Waals surface area contributed by atoms with Crippen molar-refractivity contribution in [3.05, 3.63) is 64.8 Å². The van der Waals surface area contributed by atoms with E-state index in [4.69, 9.17) is 4.42 Å². The molecule has 0 saturated carbocycles. The number of nitrogens with one attached hydrogen (secondary N) is 1. The van der Waals surface area contributed by atoms with Gasteiger partial charge in [-0.2, -0.15) is 0 Å². The number of anilines is 1. The van der Waals surface area contributed by atoms with E-state index in [2.05, 4.69) is 21.2 Å². The highest BCUT2D eigenvalue weighted by molar-refractivity contribution is 9.10. The van der Waals surface area contributed by atoms with Gasteiger partial charge < -0.3 is 14.6 Å². The van der Waals surface area contributed by atoms with Crippen molar-refractivity contribution in [2.75, 3.05) is 18.4 Å². The predicted octanol–water partition coefficient (Wildman–Crippen LogP) is 4.69. The number of furan rings is 1. The summed E-state index contributed by atoms with van der Waals surface area (Å²) in [4.78, 5) is 26.9. The van der Waals surface area contributed by atoms with E-state index in [0.29, 0.717) is 37.3 Å². The van der Waals surface area contributed by atoms with E-state index in [9.17, 15) is 9.59 Å².